The van der Waals surface area contributed by atoms with Crippen molar-refractivity contribution in [2.24, 2.45) is 5.92 Å². The van der Waals surface area contributed by atoms with Gasteiger partial charge in [-0.1, -0.05) is 49.4 Å². The van der Waals surface area contributed by atoms with Crippen molar-refractivity contribution in [3.8, 4) is 11.5 Å². The summed E-state index contributed by atoms with van der Waals surface area (Å²) in [7, 11) is 3.51. The van der Waals surface area contributed by atoms with Gasteiger partial charge in [0.25, 0.3) is 5.91 Å². The molecule has 0 unspecified atom stereocenters. The summed E-state index contributed by atoms with van der Waals surface area (Å²) in [5, 5.41) is 12.8. The molecule has 1 aliphatic rings. The van der Waals surface area contributed by atoms with Gasteiger partial charge < -0.3 is 24.8 Å². The second-order valence-electron chi connectivity index (χ2n) is 13.4. The van der Waals surface area contributed by atoms with Crippen LogP contribution >= 0.6 is 0 Å². The number of hydrogen-bond acceptors (Lipinski definition) is 6. The standard InChI is InChI=1S/C40H43F4N3O5/c1-25-21-47(26(2)24-48)39(50)33-6-5-7-34(45-37(49)19-28-12-14-31(15-13-28)40(42,43)44)38(33)52-36(25)23-46(3)22-29-10-8-27(9-11-29)18-30-20-32(41)16-17-35(30)51-4/h5-17,20,25-26,36,48H,18-19,21-24H2,1-4H3,(H,45,49)/t25-,26+,36-/m1/s1. The number of amides is 2. The Morgan fingerprint density at radius 1 is 1.04 bits per heavy atom. The molecule has 0 saturated carbocycles. The highest BCUT2D eigenvalue weighted by atomic mass is 19.4. The summed E-state index contributed by atoms with van der Waals surface area (Å²) in [5.74, 6) is -0.555. The number of benzene rings is 4. The number of aliphatic hydroxyl groups is 1. The first-order valence-electron chi connectivity index (χ1n) is 17.0. The molecule has 0 saturated heterocycles. The van der Waals surface area contributed by atoms with E-state index in [1.165, 1.54) is 24.3 Å². The molecule has 3 atom stereocenters. The third kappa shape index (κ3) is 9.48. The summed E-state index contributed by atoms with van der Waals surface area (Å²) in [5.41, 5.74) is 2.85. The van der Waals surface area contributed by atoms with Crippen LogP contribution in [0.4, 0.5) is 23.2 Å². The van der Waals surface area contributed by atoms with E-state index in [0.717, 1.165) is 28.8 Å². The molecular weight excluding hydrogens is 678 g/mol. The predicted octanol–water partition coefficient (Wildman–Crippen LogP) is 6.98. The van der Waals surface area contributed by atoms with Crippen molar-refractivity contribution >= 4 is 17.5 Å². The van der Waals surface area contributed by atoms with Crippen LogP contribution in [0.2, 0.25) is 0 Å². The van der Waals surface area contributed by atoms with Gasteiger partial charge in [0, 0.05) is 37.5 Å². The second kappa shape index (κ2) is 16.6. The maximum Gasteiger partial charge on any atom is 0.416 e. The first kappa shape index (κ1) is 38.3. The van der Waals surface area contributed by atoms with Gasteiger partial charge in [-0.05, 0) is 73.1 Å². The quantitative estimate of drug-likeness (QED) is 0.154. The van der Waals surface area contributed by atoms with Crippen molar-refractivity contribution in [2.45, 2.75) is 51.6 Å². The van der Waals surface area contributed by atoms with Crippen molar-refractivity contribution in [1.29, 1.82) is 0 Å². The molecular formula is C40H43F4N3O5. The van der Waals surface area contributed by atoms with Crippen LogP contribution in [-0.2, 0) is 30.4 Å². The minimum absolute atomic E-state index is 0.186. The van der Waals surface area contributed by atoms with E-state index in [1.54, 1.807) is 43.2 Å². The van der Waals surface area contributed by atoms with E-state index in [1.807, 2.05) is 38.2 Å². The first-order chi connectivity index (χ1) is 24.7. The minimum Gasteiger partial charge on any atom is -0.496 e. The van der Waals surface area contributed by atoms with Crippen LogP contribution < -0.4 is 14.8 Å². The smallest absolute Gasteiger partial charge is 0.416 e. The Kier molecular flexibility index (Phi) is 12.2. The number of anilines is 1. The van der Waals surface area contributed by atoms with Crippen LogP contribution in [0.1, 0.15) is 52.0 Å². The SMILES string of the molecule is COc1ccc(F)cc1Cc1ccc(CN(C)C[C@H]2Oc3c(NC(=O)Cc4ccc(C(F)(F)F)cc4)cccc3C(=O)N([C@@H](C)CO)C[C@H]2C)cc1. The van der Waals surface area contributed by atoms with Crippen LogP contribution in [0.25, 0.3) is 0 Å². The Labute approximate surface area is 301 Å². The maximum absolute atomic E-state index is 13.9. The Morgan fingerprint density at radius 2 is 1.71 bits per heavy atom. The Bertz CT molecular complexity index is 1850. The fourth-order valence-electron chi connectivity index (χ4n) is 6.30. The van der Waals surface area contributed by atoms with E-state index < -0.39 is 29.8 Å². The molecule has 1 heterocycles. The van der Waals surface area contributed by atoms with E-state index in [-0.39, 0.29) is 47.7 Å². The molecule has 5 rings (SSSR count). The van der Waals surface area contributed by atoms with Crippen molar-refractivity contribution < 1.29 is 41.7 Å². The average Bonchev–Trinajstić information content (AvgIpc) is 3.10. The highest BCUT2D eigenvalue weighted by Crippen LogP contribution is 2.35. The molecule has 0 spiro atoms. The van der Waals surface area contributed by atoms with Crippen LogP contribution in [0, 0.1) is 11.7 Å². The number of likely N-dealkylation sites (N-methyl/N-ethyl adjacent to an activating group) is 1. The van der Waals surface area contributed by atoms with Crippen LogP contribution in [0.3, 0.4) is 0 Å². The van der Waals surface area contributed by atoms with Crippen LogP contribution in [-0.4, -0.2) is 72.7 Å². The molecule has 0 aliphatic carbocycles. The number of nitrogens with one attached hydrogen (secondary N) is 1. The van der Waals surface area contributed by atoms with Crippen molar-refractivity contribution in [2.75, 3.05) is 39.2 Å². The molecule has 2 N–H and O–H groups in total. The van der Waals surface area contributed by atoms with Gasteiger partial charge in [-0.25, -0.2) is 4.39 Å². The van der Waals surface area contributed by atoms with Crippen LogP contribution in [0.5, 0.6) is 11.5 Å². The molecule has 8 nitrogen and oxygen atoms in total. The van der Waals surface area contributed by atoms with E-state index in [2.05, 4.69) is 10.2 Å². The summed E-state index contributed by atoms with van der Waals surface area (Å²) >= 11 is 0. The third-order valence-electron chi connectivity index (χ3n) is 9.22. The Morgan fingerprint density at radius 3 is 2.37 bits per heavy atom. The molecule has 4 aromatic rings. The highest BCUT2D eigenvalue weighted by molar-refractivity contribution is 6.02. The number of ether oxygens (including phenoxy) is 2. The summed E-state index contributed by atoms with van der Waals surface area (Å²) in [6.45, 7) is 4.83. The lowest BCUT2D eigenvalue weighted by molar-refractivity contribution is -0.137. The zero-order valence-electron chi connectivity index (χ0n) is 29.5. The molecule has 12 heteroatoms. The number of carbonyl (C=O) groups excluding carboxylic acids is 2. The number of halogens is 4. The van der Waals surface area contributed by atoms with Gasteiger partial charge in [0.1, 0.15) is 17.7 Å². The number of aliphatic hydroxyl groups excluding tert-OH is 1. The number of carbonyl (C=O) groups is 2. The van der Waals surface area contributed by atoms with Crippen LogP contribution in [0.15, 0.2) is 84.9 Å². The monoisotopic (exact) mass is 721 g/mol. The largest absolute Gasteiger partial charge is 0.496 e. The summed E-state index contributed by atoms with van der Waals surface area (Å²) in [6, 6.07) is 21.2. The zero-order valence-corrected chi connectivity index (χ0v) is 29.5. The van der Waals surface area contributed by atoms with Gasteiger partial charge in [-0.15, -0.1) is 0 Å². The van der Waals surface area contributed by atoms with Gasteiger partial charge in [0.05, 0.1) is 43.0 Å². The summed E-state index contributed by atoms with van der Waals surface area (Å²) in [6.07, 6.45) is -4.62. The zero-order chi connectivity index (χ0) is 37.6. The maximum atomic E-state index is 13.9. The normalized spacial score (nSPS) is 16.8. The topological polar surface area (TPSA) is 91.3 Å². The second-order valence-corrected chi connectivity index (χ2v) is 13.4. The van der Waals surface area contributed by atoms with Crippen molar-refractivity contribution in [3.05, 3.63) is 124 Å². The lowest BCUT2D eigenvalue weighted by Gasteiger charge is -2.38. The molecule has 4 aromatic carbocycles. The summed E-state index contributed by atoms with van der Waals surface area (Å²) < 4.78 is 65.0. The molecule has 0 fully saturated rings. The number of fused-ring (bicyclic) bond motifs is 1. The number of para-hydroxylation sites is 1. The summed E-state index contributed by atoms with van der Waals surface area (Å²) in [4.78, 5) is 30.7. The highest BCUT2D eigenvalue weighted by Gasteiger charge is 2.35. The molecule has 1 aliphatic heterocycles. The fourth-order valence-corrected chi connectivity index (χ4v) is 6.30. The molecule has 52 heavy (non-hydrogen) atoms. The number of alkyl halides is 3. The number of rotatable bonds is 12. The van der Waals surface area contributed by atoms with Gasteiger partial charge in [-0.3, -0.25) is 14.5 Å². The Hall–Kier alpha value is -4.94. The van der Waals surface area contributed by atoms with E-state index in [4.69, 9.17) is 9.47 Å². The van der Waals surface area contributed by atoms with Gasteiger partial charge in [0.15, 0.2) is 5.75 Å². The molecule has 0 radical (unpaired) electrons. The predicted molar refractivity (Wildman–Crippen MR) is 190 cm³/mol. The van der Waals surface area contributed by atoms with Gasteiger partial charge in [0.2, 0.25) is 5.91 Å². The van der Waals surface area contributed by atoms with Crippen molar-refractivity contribution in [3.63, 3.8) is 0 Å². The lowest BCUT2D eigenvalue weighted by Crippen LogP contribution is -2.49. The third-order valence-corrected chi connectivity index (χ3v) is 9.22. The van der Waals surface area contributed by atoms with E-state index in [0.29, 0.717) is 37.4 Å². The number of methoxy groups -OCH3 is 1. The van der Waals surface area contributed by atoms with E-state index >= 15 is 0 Å². The Balaban J connectivity index is 1.33. The van der Waals surface area contributed by atoms with Gasteiger partial charge in [-0.2, -0.15) is 13.2 Å². The average molecular weight is 722 g/mol. The molecule has 2 amide bonds. The number of hydrogen-bond donors (Lipinski definition) is 2. The van der Waals surface area contributed by atoms with E-state index in [9.17, 15) is 32.3 Å². The first-order valence-corrected chi connectivity index (χ1v) is 17.0. The molecule has 0 bridgehead atoms. The minimum atomic E-state index is -4.49. The fraction of sp³-hybridized carbons (Fsp3) is 0.350. The molecule has 276 valence electrons. The lowest BCUT2D eigenvalue weighted by atomic mass is 9.98. The molecule has 0 aromatic heterocycles. The van der Waals surface area contributed by atoms with Crippen molar-refractivity contribution in [1.82, 2.24) is 9.80 Å². The van der Waals surface area contributed by atoms with Gasteiger partial charge >= 0.3 is 6.18 Å². The number of nitrogens with zero attached hydrogens (tertiary/aromatic N) is 2.